The van der Waals surface area contributed by atoms with E-state index in [2.05, 4.69) is 27.4 Å². The van der Waals surface area contributed by atoms with Crippen LogP contribution in [-0.4, -0.2) is 26.6 Å². The third kappa shape index (κ3) is 4.24. The second-order valence-electron chi connectivity index (χ2n) is 6.88. The maximum Gasteiger partial charge on any atom is 0.251 e. The molecule has 0 aliphatic heterocycles. The smallest absolute Gasteiger partial charge is 0.251 e. The predicted molar refractivity (Wildman–Crippen MR) is 110 cm³/mol. The van der Waals surface area contributed by atoms with Crippen molar-refractivity contribution in [2.45, 2.75) is 25.3 Å². The highest BCUT2D eigenvalue weighted by atomic mass is 16.2. The lowest BCUT2D eigenvalue weighted by Gasteiger charge is -2.11. The minimum Gasteiger partial charge on any atom is -0.345 e. The molecular formula is C22H21N5O2. The number of benzene rings is 2. The molecule has 0 spiro atoms. The molecule has 1 aliphatic carbocycles. The summed E-state index contributed by atoms with van der Waals surface area (Å²) in [6.45, 7) is 3.67. The number of hydrogen-bond donors (Lipinski definition) is 2. The number of anilines is 1. The molecule has 0 atom stereocenters. The average Bonchev–Trinajstić information content (AvgIpc) is 3.52. The number of para-hydroxylation sites is 1. The maximum absolute atomic E-state index is 12.6. The standard InChI is InChI=1S/C22H21N5O2/c1-2-20(28)24-17-8-6-7-16(13-17)22(29)23-14-19-25-26-21(15-11-12-15)27(19)18-9-4-3-5-10-18/h2-10,13,15H,1,11-12,14H2,(H,23,29)(H,24,28). The van der Waals surface area contributed by atoms with Crippen molar-refractivity contribution in [1.82, 2.24) is 20.1 Å². The van der Waals surface area contributed by atoms with E-state index in [1.807, 2.05) is 34.9 Å². The molecule has 0 bridgehead atoms. The first kappa shape index (κ1) is 18.6. The van der Waals surface area contributed by atoms with Crippen molar-refractivity contribution >= 4 is 17.5 Å². The zero-order valence-corrected chi connectivity index (χ0v) is 15.8. The van der Waals surface area contributed by atoms with Crippen LogP contribution in [0.2, 0.25) is 0 Å². The van der Waals surface area contributed by atoms with E-state index in [1.54, 1.807) is 24.3 Å². The van der Waals surface area contributed by atoms with E-state index < -0.39 is 0 Å². The van der Waals surface area contributed by atoms with E-state index in [4.69, 9.17) is 0 Å². The molecule has 1 saturated carbocycles. The van der Waals surface area contributed by atoms with Gasteiger partial charge in [-0.3, -0.25) is 14.2 Å². The molecule has 1 aromatic heterocycles. The van der Waals surface area contributed by atoms with Crippen LogP contribution in [0.3, 0.4) is 0 Å². The van der Waals surface area contributed by atoms with E-state index in [0.717, 1.165) is 24.4 Å². The van der Waals surface area contributed by atoms with Crippen molar-refractivity contribution in [3.63, 3.8) is 0 Å². The van der Waals surface area contributed by atoms with Gasteiger partial charge in [0.05, 0.1) is 6.54 Å². The van der Waals surface area contributed by atoms with Gasteiger partial charge in [0.25, 0.3) is 5.91 Å². The van der Waals surface area contributed by atoms with Crippen LogP contribution in [0.15, 0.2) is 67.3 Å². The Morgan fingerprint density at radius 1 is 1.10 bits per heavy atom. The van der Waals surface area contributed by atoms with Gasteiger partial charge in [-0.05, 0) is 49.2 Å². The van der Waals surface area contributed by atoms with Gasteiger partial charge in [-0.2, -0.15) is 0 Å². The van der Waals surface area contributed by atoms with E-state index >= 15 is 0 Å². The Morgan fingerprint density at radius 3 is 2.62 bits per heavy atom. The van der Waals surface area contributed by atoms with Crippen LogP contribution in [-0.2, 0) is 11.3 Å². The molecule has 2 aromatic carbocycles. The SMILES string of the molecule is C=CC(=O)Nc1cccc(C(=O)NCc2nnc(C3CC3)n2-c2ccccc2)c1. The van der Waals surface area contributed by atoms with Gasteiger partial charge in [-0.15, -0.1) is 10.2 Å². The second-order valence-corrected chi connectivity index (χ2v) is 6.88. The van der Waals surface area contributed by atoms with Crippen LogP contribution < -0.4 is 10.6 Å². The van der Waals surface area contributed by atoms with Crippen LogP contribution in [0, 0.1) is 0 Å². The van der Waals surface area contributed by atoms with Crippen molar-refractivity contribution in [3.05, 3.63) is 84.5 Å². The molecule has 7 nitrogen and oxygen atoms in total. The van der Waals surface area contributed by atoms with Gasteiger partial charge in [0, 0.05) is 22.9 Å². The molecular weight excluding hydrogens is 366 g/mol. The van der Waals surface area contributed by atoms with Crippen molar-refractivity contribution in [2.24, 2.45) is 0 Å². The zero-order chi connectivity index (χ0) is 20.2. The summed E-state index contributed by atoms with van der Waals surface area (Å²) in [5.41, 5.74) is 1.96. The number of nitrogens with zero attached hydrogens (tertiary/aromatic N) is 3. The number of hydrogen-bond acceptors (Lipinski definition) is 4. The largest absolute Gasteiger partial charge is 0.345 e. The first-order valence-electron chi connectivity index (χ1n) is 9.47. The lowest BCUT2D eigenvalue weighted by atomic mass is 10.2. The predicted octanol–water partition coefficient (Wildman–Crippen LogP) is 3.20. The van der Waals surface area contributed by atoms with Crippen molar-refractivity contribution < 1.29 is 9.59 Å². The number of rotatable bonds is 7. The average molecular weight is 387 g/mol. The second kappa shape index (κ2) is 8.10. The van der Waals surface area contributed by atoms with Gasteiger partial charge < -0.3 is 10.6 Å². The molecule has 0 unspecified atom stereocenters. The van der Waals surface area contributed by atoms with Gasteiger partial charge in [-0.25, -0.2) is 0 Å². The Balaban J connectivity index is 1.51. The fourth-order valence-corrected chi connectivity index (χ4v) is 3.10. The minimum atomic E-state index is -0.328. The third-order valence-electron chi connectivity index (χ3n) is 4.70. The summed E-state index contributed by atoms with van der Waals surface area (Å²) >= 11 is 0. The lowest BCUT2D eigenvalue weighted by molar-refractivity contribution is -0.111. The van der Waals surface area contributed by atoms with Crippen molar-refractivity contribution in [1.29, 1.82) is 0 Å². The van der Waals surface area contributed by atoms with Crippen molar-refractivity contribution in [3.8, 4) is 5.69 Å². The lowest BCUT2D eigenvalue weighted by Crippen LogP contribution is -2.25. The topological polar surface area (TPSA) is 88.9 Å². The number of aromatic nitrogens is 3. The monoisotopic (exact) mass is 387 g/mol. The van der Waals surface area contributed by atoms with Crippen LogP contribution in [0.4, 0.5) is 5.69 Å². The fourth-order valence-electron chi connectivity index (χ4n) is 3.10. The van der Waals surface area contributed by atoms with Gasteiger partial charge >= 0.3 is 0 Å². The first-order valence-corrected chi connectivity index (χ1v) is 9.47. The summed E-state index contributed by atoms with van der Waals surface area (Å²) < 4.78 is 2.03. The number of amides is 2. The van der Waals surface area contributed by atoms with E-state index in [0.29, 0.717) is 23.0 Å². The Labute approximate surface area is 168 Å². The molecule has 29 heavy (non-hydrogen) atoms. The molecule has 146 valence electrons. The maximum atomic E-state index is 12.6. The van der Waals surface area contributed by atoms with Crippen LogP contribution in [0.1, 0.15) is 40.8 Å². The van der Waals surface area contributed by atoms with Crippen molar-refractivity contribution in [2.75, 3.05) is 5.32 Å². The molecule has 7 heteroatoms. The number of carbonyl (C=O) groups excluding carboxylic acids is 2. The van der Waals surface area contributed by atoms with Crippen LogP contribution >= 0.6 is 0 Å². The highest BCUT2D eigenvalue weighted by Crippen LogP contribution is 2.40. The van der Waals surface area contributed by atoms with Gasteiger partial charge in [0.2, 0.25) is 5.91 Å². The number of nitrogens with one attached hydrogen (secondary N) is 2. The summed E-state index contributed by atoms with van der Waals surface area (Å²) in [4.78, 5) is 24.1. The van der Waals surface area contributed by atoms with Crippen LogP contribution in [0.5, 0.6) is 0 Å². The molecule has 4 rings (SSSR count). The summed E-state index contributed by atoms with van der Waals surface area (Å²) in [5.74, 6) is 1.47. The molecule has 1 aliphatic rings. The fraction of sp³-hybridized carbons (Fsp3) is 0.182. The molecule has 1 fully saturated rings. The summed E-state index contributed by atoms with van der Waals surface area (Å²) in [6.07, 6.45) is 3.40. The molecule has 2 N–H and O–H groups in total. The van der Waals surface area contributed by atoms with Crippen LogP contribution in [0.25, 0.3) is 5.69 Å². The molecule has 2 amide bonds. The third-order valence-corrected chi connectivity index (χ3v) is 4.70. The summed E-state index contributed by atoms with van der Waals surface area (Å²) in [6, 6.07) is 16.7. The molecule has 0 saturated heterocycles. The quantitative estimate of drug-likeness (QED) is 0.609. The van der Waals surface area contributed by atoms with Gasteiger partial charge in [0.1, 0.15) is 5.82 Å². The highest BCUT2D eigenvalue weighted by molar-refractivity contribution is 6.00. The Bertz CT molecular complexity index is 1050. The minimum absolute atomic E-state index is 0.247. The normalized spacial score (nSPS) is 13.0. The Hall–Kier alpha value is -3.74. The molecule has 0 radical (unpaired) electrons. The Morgan fingerprint density at radius 2 is 1.90 bits per heavy atom. The highest BCUT2D eigenvalue weighted by Gasteiger charge is 2.30. The summed E-state index contributed by atoms with van der Waals surface area (Å²) in [7, 11) is 0. The zero-order valence-electron chi connectivity index (χ0n) is 15.8. The van der Waals surface area contributed by atoms with E-state index in [-0.39, 0.29) is 18.4 Å². The van der Waals surface area contributed by atoms with E-state index in [9.17, 15) is 9.59 Å². The molecule has 1 heterocycles. The van der Waals surface area contributed by atoms with Gasteiger partial charge in [0.15, 0.2) is 5.82 Å². The van der Waals surface area contributed by atoms with Gasteiger partial charge in [-0.1, -0.05) is 30.8 Å². The number of carbonyl (C=O) groups is 2. The van der Waals surface area contributed by atoms with E-state index in [1.165, 1.54) is 6.08 Å². The molecule has 3 aromatic rings. The Kier molecular flexibility index (Phi) is 5.20. The summed E-state index contributed by atoms with van der Waals surface area (Å²) in [5, 5.41) is 14.2. The first-order chi connectivity index (χ1) is 14.2.